The molecular weight excluding hydrogens is 337 g/mol. The highest BCUT2D eigenvalue weighted by molar-refractivity contribution is 5.94. The number of halogens is 1. The van der Waals surface area contributed by atoms with Gasteiger partial charge in [-0.1, -0.05) is 12.1 Å². The Labute approximate surface area is 148 Å². The van der Waals surface area contributed by atoms with E-state index in [-0.39, 0.29) is 17.0 Å². The van der Waals surface area contributed by atoms with Crippen molar-refractivity contribution in [1.29, 1.82) is 0 Å². The van der Waals surface area contributed by atoms with Gasteiger partial charge in [-0.15, -0.1) is 0 Å². The summed E-state index contributed by atoms with van der Waals surface area (Å²) < 4.78 is 21.7. The molecule has 132 valence electrons. The van der Waals surface area contributed by atoms with E-state index in [1.54, 1.807) is 34.9 Å². The van der Waals surface area contributed by atoms with Gasteiger partial charge in [0.15, 0.2) is 0 Å². The second-order valence-corrected chi connectivity index (χ2v) is 6.40. The molecule has 2 aromatic carbocycles. The average molecular weight is 353 g/mol. The van der Waals surface area contributed by atoms with Gasteiger partial charge in [-0.3, -0.25) is 4.79 Å². The summed E-state index contributed by atoms with van der Waals surface area (Å²) in [5.74, 6) is -1.28. The van der Waals surface area contributed by atoms with E-state index in [4.69, 9.17) is 4.74 Å². The molecule has 1 aromatic heterocycles. The monoisotopic (exact) mass is 353 g/mol. The van der Waals surface area contributed by atoms with Crippen molar-refractivity contribution in [3.05, 3.63) is 64.2 Å². The van der Waals surface area contributed by atoms with Crippen molar-refractivity contribution in [3.8, 4) is 16.9 Å². The number of ether oxygens (including phenoxy) is 1. The fraction of sp³-hybridized carbons (Fsp3) is 0.200. The third-order valence-corrected chi connectivity index (χ3v) is 4.67. The highest BCUT2D eigenvalue weighted by Crippen LogP contribution is 2.38. The van der Waals surface area contributed by atoms with Gasteiger partial charge in [0, 0.05) is 23.2 Å². The van der Waals surface area contributed by atoms with Crippen LogP contribution in [0, 0.1) is 5.82 Å². The van der Waals surface area contributed by atoms with Crippen molar-refractivity contribution >= 4 is 16.9 Å². The van der Waals surface area contributed by atoms with Crippen LogP contribution in [-0.2, 0) is 0 Å². The Balaban J connectivity index is 2.02. The minimum Gasteiger partial charge on any atom is -0.497 e. The molecule has 3 aromatic rings. The van der Waals surface area contributed by atoms with Gasteiger partial charge in [-0.05, 0) is 42.7 Å². The lowest BCUT2D eigenvalue weighted by molar-refractivity contribution is 0.0695. The number of carboxylic acids is 1. The summed E-state index contributed by atoms with van der Waals surface area (Å²) in [6.07, 6.45) is 3.18. The number of benzene rings is 2. The second kappa shape index (κ2) is 5.98. The van der Waals surface area contributed by atoms with Gasteiger partial charge in [-0.2, -0.15) is 0 Å². The molecule has 0 atom stereocenters. The van der Waals surface area contributed by atoms with Gasteiger partial charge in [-0.25, -0.2) is 9.18 Å². The van der Waals surface area contributed by atoms with E-state index in [2.05, 4.69) is 0 Å². The van der Waals surface area contributed by atoms with Crippen LogP contribution in [0.2, 0.25) is 0 Å². The smallest absolute Gasteiger partial charge is 0.341 e. The maximum atomic E-state index is 14.8. The average Bonchev–Trinajstić information content (AvgIpc) is 3.47. The van der Waals surface area contributed by atoms with E-state index >= 15 is 0 Å². The zero-order valence-electron chi connectivity index (χ0n) is 14.0. The Kier molecular flexibility index (Phi) is 3.76. The quantitative estimate of drug-likeness (QED) is 0.774. The lowest BCUT2D eigenvalue weighted by Gasteiger charge is -2.14. The molecule has 6 heteroatoms. The zero-order chi connectivity index (χ0) is 18.4. The number of methoxy groups -OCH3 is 1. The van der Waals surface area contributed by atoms with Crippen molar-refractivity contribution in [2.24, 2.45) is 0 Å². The number of rotatable bonds is 4. The lowest BCUT2D eigenvalue weighted by atomic mass is 10.0. The molecule has 4 rings (SSSR count). The fourth-order valence-electron chi connectivity index (χ4n) is 3.19. The van der Waals surface area contributed by atoms with Gasteiger partial charge in [0.2, 0.25) is 5.43 Å². The molecule has 0 spiro atoms. The Hall–Kier alpha value is -3.15. The summed E-state index contributed by atoms with van der Waals surface area (Å²) in [6.45, 7) is 0. The Morgan fingerprint density at radius 3 is 2.69 bits per heavy atom. The van der Waals surface area contributed by atoms with Crippen molar-refractivity contribution in [3.63, 3.8) is 0 Å². The molecule has 0 saturated heterocycles. The summed E-state index contributed by atoms with van der Waals surface area (Å²) in [6, 6.07) is 9.90. The van der Waals surface area contributed by atoms with Crippen LogP contribution < -0.4 is 10.2 Å². The number of hydrogen-bond acceptors (Lipinski definition) is 3. The first-order chi connectivity index (χ1) is 12.5. The van der Waals surface area contributed by atoms with Gasteiger partial charge in [0.25, 0.3) is 0 Å². The molecule has 1 fully saturated rings. The largest absolute Gasteiger partial charge is 0.497 e. The van der Waals surface area contributed by atoms with Crippen molar-refractivity contribution in [1.82, 2.24) is 4.57 Å². The van der Waals surface area contributed by atoms with Gasteiger partial charge in [0.1, 0.15) is 17.1 Å². The molecule has 1 aliphatic rings. The first kappa shape index (κ1) is 16.3. The number of aromatic nitrogens is 1. The normalized spacial score (nSPS) is 13.8. The van der Waals surface area contributed by atoms with E-state index in [0.29, 0.717) is 22.4 Å². The fourth-order valence-corrected chi connectivity index (χ4v) is 3.19. The molecule has 1 saturated carbocycles. The lowest BCUT2D eigenvalue weighted by Crippen LogP contribution is -2.19. The van der Waals surface area contributed by atoms with Crippen LogP contribution in [0.15, 0.2) is 47.4 Å². The molecule has 5 nitrogen and oxygen atoms in total. The van der Waals surface area contributed by atoms with E-state index < -0.39 is 17.2 Å². The molecule has 1 N–H and O–H groups in total. The Bertz CT molecular complexity index is 1100. The highest BCUT2D eigenvalue weighted by atomic mass is 19.1. The first-order valence-corrected chi connectivity index (χ1v) is 8.25. The number of hydrogen-bond donors (Lipinski definition) is 1. The van der Waals surface area contributed by atoms with Crippen LogP contribution in [0.4, 0.5) is 4.39 Å². The third-order valence-electron chi connectivity index (χ3n) is 4.67. The van der Waals surface area contributed by atoms with Crippen molar-refractivity contribution in [2.75, 3.05) is 7.11 Å². The Morgan fingerprint density at radius 1 is 1.27 bits per heavy atom. The van der Waals surface area contributed by atoms with Crippen LogP contribution in [-0.4, -0.2) is 22.8 Å². The molecule has 26 heavy (non-hydrogen) atoms. The summed E-state index contributed by atoms with van der Waals surface area (Å²) in [5.41, 5.74) is 0.509. The summed E-state index contributed by atoms with van der Waals surface area (Å²) in [7, 11) is 1.54. The van der Waals surface area contributed by atoms with E-state index in [0.717, 1.165) is 18.9 Å². The molecular formula is C20H16FNO4. The van der Waals surface area contributed by atoms with Crippen molar-refractivity contribution in [2.45, 2.75) is 18.9 Å². The topological polar surface area (TPSA) is 68.5 Å². The molecule has 0 amide bonds. The number of carbonyl (C=O) groups is 1. The van der Waals surface area contributed by atoms with Gasteiger partial charge in [0.05, 0.1) is 12.6 Å². The maximum absolute atomic E-state index is 14.8. The minimum absolute atomic E-state index is 0.0842. The third kappa shape index (κ3) is 2.63. The zero-order valence-corrected chi connectivity index (χ0v) is 14.0. The van der Waals surface area contributed by atoms with Crippen LogP contribution in [0.1, 0.15) is 29.2 Å². The number of fused-ring (bicyclic) bond motifs is 1. The molecule has 1 heterocycles. The SMILES string of the molecule is COc1cccc(-c2cc3c(cc2F)c(=O)c(C(=O)O)cn3C2CC2)c1. The number of pyridine rings is 1. The van der Waals surface area contributed by atoms with Gasteiger partial charge >= 0.3 is 5.97 Å². The van der Waals surface area contributed by atoms with E-state index in [9.17, 15) is 19.1 Å². The van der Waals surface area contributed by atoms with Gasteiger partial charge < -0.3 is 14.4 Å². The summed E-state index contributed by atoms with van der Waals surface area (Å²) in [5, 5.41) is 9.37. The van der Waals surface area contributed by atoms with E-state index in [1.165, 1.54) is 13.3 Å². The highest BCUT2D eigenvalue weighted by Gasteiger charge is 2.27. The maximum Gasteiger partial charge on any atom is 0.341 e. The van der Waals surface area contributed by atoms with Crippen LogP contribution in [0.3, 0.4) is 0 Å². The molecule has 1 aliphatic carbocycles. The van der Waals surface area contributed by atoms with E-state index in [1.807, 2.05) is 0 Å². The predicted molar refractivity (Wildman–Crippen MR) is 95.4 cm³/mol. The molecule has 0 radical (unpaired) electrons. The molecule has 0 aliphatic heterocycles. The molecule has 0 bridgehead atoms. The predicted octanol–water partition coefficient (Wildman–Crippen LogP) is 3.85. The van der Waals surface area contributed by atoms with Crippen LogP contribution in [0.5, 0.6) is 5.75 Å². The number of carboxylic acid groups (broad SMARTS) is 1. The van der Waals surface area contributed by atoms with Crippen LogP contribution in [0.25, 0.3) is 22.0 Å². The molecule has 0 unspecified atom stereocenters. The van der Waals surface area contributed by atoms with Crippen LogP contribution >= 0.6 is 0 Å². The summed E-state index contributed by atoms with van der Waals surface area (Å²) >= 11 is 0. The number of nitrogens with zero attached hydrogens (tertiary/aromatic N) is 1. The Morgan fingerprint density at radius 2 is 2.04 bits per heavy atom. The standard InChI is InChI=1S/C20H16FNO4/c1-26-13-4-2-3-11(7-13)14-9-18-15(8-17(14)21)19(23)16(20(24)25)10-22(18)12-5-6-12/h2-4,7-10,12H,5-6H2,1H3,(H,24,25). The first-order valence-electron chi connectivity index (χ1n) is 8.25. The summed E-state index contributed by atoms with van der Waals surface area (Å²) in [4.78, 5) is 23.9. The van der Waals surface area contributed by atoms with Crippen molar-refractivity contribution < 1.29 is 19.0 Å². The number of aromatic carboxylic acids is 1. The minimum atomic E-state index is -1.30. The second-order valence-electron chi connectivity index (χ2n) is 6.40.